The van der Waals surface area contributed by atoms with Gasteiger partial charge in [-0.2, -0.15) is 0 Å². The lowest BCUT2D eigenvalue weighted by atomic mass is 10.1. The molecule has 3 aromatic rings. The first kappa shape index (κ1) is 18.8. The minimum atomic E-state index is -3.47. The van der Waals surface area contributed by atoms with Crippen LogP contribution in [0.4, 0.5) is 5.69 Å². The molecule has 6 heteroatoms. The summed E-state index contributed by atoms with van der Waals surface area (Å²) in [6, 6.07) is 22.2. The van der Waals surface area contributed by atoms with Gasteiger partial charge < -0.3 is 11.1 Å². The molecule has 0 spiro atoms. The summed E-state index contributed by atoms with van der Waals surface area (Å²) in [5.74, 6) is -0.469. The Bertz CT molecular complexity index is 1050. The van der Waals surface area contributed by atoms with Crippen molar-refractivity contribution in [3.63, 3.8) is 0 Å². The molecule has 0 radical (unpaired) electrons. The fourth-order valence-corrected chi connectivity index (χ4v) is 4.07. The highest BCUT2D eigenvalue weighted by Crippen LogP contribution is 2.18. The molecule has 0 aliphatic rings. The minimum absolute atomic E-state index is 0.166. The molecule has 5 nitrogen and oxygen atoms in total. The van der Waals surface area contributed by atoms with Gasteiger partial charge in [0.05, 0.1) is 10.6 Å². The average Bonchev–Trinajstić information content (AvgIpc) is 2.68. The molecule has 1 amide bonds. The van der Waals surface area contributed by atoms with Crippen LogP contribution in [-0.4, -0.2) is 14.3 Å². The topological polar surface area (TPSA) is 89.3 Å². The maximum Gasteiger partial charge on any atom is 0.255 e. The number of hydrogen-bond acceptors (Lipinski definition) is 4. The van der Waals surface area contributed by atoms with Gasteiger partial charge in [-0.15, -0.1) is 0 Å². The van der Waals surface area contributed by atoms with E-state index in [4.69, 9.17) is 5.73 Å². The van der Waals surface area contributed by atoms with Crippen molar-refractivity contribution < 1.29 is 13.2 Å². The largest absolute Gasteiger partial charge is 0.326 e. The monoisotopic (exact) mass is 380 g/mol. The van der Waals surface area contributed by atoms with E-state index >= 15 is 0 Å². The van der Waals surface area contributed by atoms with Crippen LogP contribution in [0, 0.1) is 0 Å². The Labute approximate surface area is 158 Å². The molecular weight excluding hydrogens is 360 g/mol. The van der Waals surface area contributed by atoms with Gasteiger partial charge >= 0.3 is 0 Å². The summed E-state index contributed by atoms with van der Waals surface area (Å²) in [5.41, 5.74) is 8.13. The lowest BCUT2D eigenvalue weighted by molar-refractivity contribution is 0.102. The van der Waals surface area contributed by atoms with E-state index in [-0.39, 0.29) is 16.6 Å². The zero-order chi connectivity index (χ0) is 19.3. The predicted octanol–water partition coefficient (Wildman–Crippen LogP) is 3.37. The van der Waals surface area contributed by atoms with Crippen molar-refractivity contribution in [2.24, 2.45) is 5.73 Å². The summed E-state index contributed by atoms with van der Waals surface area (Å²) in [4.78, 5) is 12.8. The number of sulfone groups is 1. The number of hydrogen-bond donors (Lipinski definition) is 2. The van der Waals surface area contributed by atoms with Crippen molar-refractivity contribution in [2.75, 3.05) is 5.32 Å². The number of anilines is 1. The van der Waals surface area contributed by atoms with E-state index in [1.165, 1.54) is 0 Å². The van der Waals surface area contributed by atoms with Crippen LogP contribution in [0.15, 0.2) is 83.8 Å². The Balaban J connectivity index is 1.78. The summed E-state index contributed by atoms with van der Waals surface area (Å²) in [6.45, 7) is 0.385. The number of nitrogens with one attached hydrogen (secondary N) is 1. The number of carbonyl (C=O) groups is 1. The first-order chi connectivity index (χ1) is 13.0. The SMILES string of the molecule is NCc1cccc(NC(=O)c2cccc(CS(=O)(=O)c3ccccc3)c2)c1. The molecule has 0 heterocycles. The number of amides is 1. The number of nitrogens with two attached hydrogens (primary N) is 1. The highest BCUT2D eigenvalue weighted by Gasteiger charge is 2.16. The number of benzene rings is 3. The summed E-state index contributed by atoms with van der Waals surface area (Å²) in [6.07, 6.45) is 0. The van der Waals surface area contributed by atoms with Gasteiger partial charge in [0.15, 0.2) is 9.84 Å². The molecule has 0 aromatic heterocycles. The third kappa shape index (κ3) is 4.81. The molecule has 0 atom stereocenters. The minimum Gasteiger partial charge on any atom is -0.326 e. The van der Waals surface area contributed by atoms with Crippen molar-refractivity contribution in [1.82, 2.24) is 0 Å². The zero-order valence-corrected chi connectivity index (χ0v) is 15.4. The van der Waals surface area contributed by atoms with Crippen molar-refractivity contribution in [1.29, 1.82) is 0 Å². The van der Waals surface area contributed by atoms with Crippen molar-refractivity contribution in [3.8, 4) is 0 Å². The van der Waals surface area contributed by atoms with Crippen LogP contribution >= 0.6 is 0 Å². The Morgan fingerprint density at radius 2 is 1.56 bits per heavy atom. The van der Waals surface area contributed by atoms with Gasteiger partial charge in [-0.1, -0.05) is 42.5 Å². The fraction of sp³-hybridized carbons (Fsp3) is 0.0952. The average molecular weight is 380 g/mol. The third-order valence-corrected chi connectivity index (χ3v) is 5.77. The number of rotatable bonds is 6. The standard InChI is InChI=1S/C21H20N2O3S/c22-14-16-6-5-9-19(13-16)23-21(24)18-8-4-7-17(12-18)15-27(25,26)20-10-2-1-3-11-20/h1-13H,14-15,22H2,(H,23,24). The Hall–Kier alpha value is -2.96. The summed E-state index contributed by atoms with van der Waals surface area (Å²) >= 11 is 0. The van der Waals surface area contributed by atoms with E-state index in [1.807, 2.05) is 18.2 Å². The van der Waals surface area contributed by atoms with E-state index in [2.05, 4.69) is 5.32 Å². The lowest BCUT2D eigenvalue weighted by Gasteiger charge is -2.09. The Kier molecular flexibility index (Phi) is 5.69. The van der Waals surface area contributed by atoms with Gasteiger partial charge in [-0.05, 0) is 47.5 Å². The van der Waals surface area contributed by atoms with Gasteiger partial charge in [0.2, 0.25) is 0 Å². The smallest absolute Gasteiger partial charge is 0.255 e. The van der Waals surface area contributed by atoms with E-state index in [9.17, 15) is 13.2 Å². The molecule has 0 saturated carbocycles. The molecule has 3 N–H and O–H groups in total. The van der Waals surface area contributed by atoms with Crippen LogP contribution in [0.2, 0.25) is 0 Å². The molecule has 0 saturated heterocycles. The van der Waals surface area contributed by atoms with Crippen molar-refractivity contribution >= 4 is 21.4 Å². The van der Waals surface area contributed by atoms with E-state index in [0.29, 0.717) is 23.4 Å². The fourth-order valence-electron chi connectivity index (χ4n) is 2.71. The molecule has 0 fully saturated rings. The van der Waals surface area contributed by atoms with Gasteiger partial charge in [0.1, 0.15) is 0 Å². The van der Waals surface area contributed by atoms with Crippen molar-refractivity contribution in [3.05, 3.63) is 95.6 Å². The highest BCUT2D eigenvalue weighted by molar-refractivity contribution is 7.90. The lowest BCUT2D eigenvalue weighted by Crippen LogP contribution is -2.13. The molecule has 0 unspecified atom stereocenters. The van der Waals surface area contributed by atoms with Crippen LogP contribution in [0.5, 0.6) is 0 Å². The molecule has 27 heavy (non-hydrogen) atoms. The second-order valence-electron chi connectivity index (χ2n) is 6.13. The molecule has 138 valence electrons. The molecule has 3 rings (SSSR count). The summed E-state index contributed by atoms with van der Waals surface area (Å²) in [5, 5.41) is 2.81. The van der Waals surface area contributed by atoms with E-state index in [0.717, 1.165) is 5.56 Å². The summed E-state index contributed by atoms with van der Waals surface area (Å²) in [7, 11) is -3.47. The maximum absolute atomic E-state index is 12.5. The highest BCUT2D eigenvalue weighted by atomic mass is 32.2. The van der Waals surface area contributed by atoms with Crippen LogP contribution in [-0.2, 0) is 22.1 Å². The molecule has 0 aliphatic heterocycles. The maximum atomic E-state index is 12.5. The van der Waals surface area contributed by atoms with Gasteiger partial charge in [-0.25, -0.2) is 8.42 Å². The normalized spacial score (nSPS) is 11.1. The Morgan fingerprint density at radius 1 is 0.852 bits per heavy atom. The Morgan fingerprint density at radius 3 is 2.30 bits per heavy atom. The van der Waals surface area contributed by atoms with Gasteiger partial charge in [0.25, 0.3) is 5.91 Å². The molecule has 0 aliphatic carbocycles. The zero-order valence-electron chi connectivity index (χ0n) is 14.6. The first-order valence-electron chi connectivity index (χ1n) is 8.45. The molecular formula is C21H20N2O3S. The van der Waals surface area contributed by atoms with Crippen LogP contribution in [0.25, 0.3) is 0 Å². The first-order valence-corrected chi connectivity index (χ1v) is 10.1. The predicted molar refractivity (Wildman–Crippen MR) is 106 cm³/mol. The van der Waals surface area contributed by atoms with Crippen LogP contribution in [0.1, 0.15) is 21.5 Å². The van der Waals surface area contributed by atoms with Crippen LogP contribution in [0.3, 0.4) is 0 Å². The van der Waals surface area contributed by atoms with E-state index < -0.39 is 9.84 Å². The second-order valence-corrected chi connectivity index (χ2v) is 8.12. The van der Waals surface area contributed by atoms with E-state index in [1.54, 1.807) is 60.7 Å². The molecule has 0 bridgehead atoms. The quantitative estimate of drug-likeness (QED) is 0.686. The van der Waals surface area contributed by atoms with Crippen LogP contribution < -0.4 is 11.1 Å². The third-order valence-electron chi connectivity index (χ3n) is 4.07. The summed E-state index contributed by atoms with van der Waals surface area (Å²) < 4.78 is 25.1. The number of carbonyl (C=O) groups excluding carboxylic acids is 1. The van der Waals surface area contributed by atoms with Crippen molar-refractivity contribution in [2.45, 2.75) is 17.2 Å². The van der Waals surface area contributed by atoms with Gasteiger partial charge in [0, 0.05) is 17.8 Å². The van der Waals surface area contributed by atoms with Gasteiger partial charge in [-0.3, -0.25) is 4.79 Å². The molecule has 3 aromatic carbocycles. The second kappa shape index (κ2) is 8.16.